The van der Waals surface area contributed by atoms with Crippen LogP contribution in [0.15, 0.2) is 40.9 Å². The first-order chi connectivity index (χ1) is 10.0. The number of benzene rings is 2. The predicted molar refractivity (Wildman–Crippen MR) is 96.4 cm³/mol. The maximum absolute atomic E-state index is 6.24. The van der Waals surface area contributed by atoms with E-state index in [1.165, 1.54) is 11.1 Å². The van der Waals surface area contributed by atoms with Gasteiger partial charge in [-0.3, -0.25) is 0 Å². The van der Waals surface area contributed by atoms with Crippen LogP contribution in [0.5, 0.6) is 0 Å². The molecule has 2 aromatic rings. The Kier molecular flexibility index (Phi) is 5.72. The van der Waals surface area contributed by atoms with E-state index in [0.29, 0.717) is 0 Å². The molecule has 1 unspecified atom stereocenters. The highest BCUT2D eigenvalue weighted by Gasteiger charge is 2.12. The van der Waals surface area contributed by atoms with Crippen molar-refractivity contribution in [1.82, 2.24) is 0 Å². The van der Waals surface area contributed by atoms with Gasteiger partial charge in [-0.15, -0.1) is 0 Å². The Morgan fingerprint density at radius 2 is 1.81 bits per heavy atom. The summed E-state index contributed by atoms with van der Waals surface area (Å²) in [6.07, 6.45) is 2.09. The van der Waals surface area contributed by atoms with Gasteiger partial charge in [0, 0.05) is 9.50 Å². The Morgan fingerprint density at radius 3 is 2.38 bits per heavy atom. The molecule has 1 N–H and O–H groups in total. The molecule has 0 radical (unpaired) electrons. The minimum atomic E-state index is 0.283. The average molecular weight is 367 g/mol. The van der Waals surface area contributed by atoms with E-state index in [1.807, 2.05) is 13.0 Å². The Bertz CT molecular complexity index is 607. The summed E-state index contributed by atoms with van der Waals surface area (Å²) in [6.45, 7) is 6.38. The number of halogens is 2. The summed E-state index contributed by atoms with van der Waals surface area (Å²) in [6, 6.07) is 13.2. The van der Waals surface area contributed by atoms with Crippen molar-refractivity contribution >= 4 is 33.2 Å². The summed E-state index contributed by atoms with van der Waals surface area (Å²) < 4.78 is 1.05. The summed E-state index contributed by atoms with van der Waals surface area (Å²) in [5.41, 5.74) is 4.79. The molecule has 2 aromatic carbocycles. The molecular formula is C18H21BrClN. The van der Waals surface area contributed by atoms with Crippen molar-refractivity contribution in [3.8, 4) is 0 Å². The van der Waals surface area contributed by atoms with Crippen LogP contribution < -0.4 is 5.32 Å². The van der Waals surface area contributed by atoms with E-state index in [0.717, 1.165) is 33.6 Å². The van der Waals surface area contributed by atoms with Gasteiger partial charge in [0.1, 0.15) is 0 Å². The minimum Gasteiger partial charge on any atom is -0.377 e. The topological polar surface area (TPSA) is 12.0 Å². The van der Waals surface area contributed by atoms with E-state index in [4.69, 9.17) is 11.6 Å². The van der Waals surface area contributed by atoms with Crippen LogP contribution in [0.25, 0.3) is 0 Å². The molecule has 0 bridgehead atoms. The Hall–Kier alpha value is -0.990. The molecule has 21 heavy (non-hydrogen) atoms. The first-order valence-corrected chi connectivity index (χ1v) is 8.53. The predicted octanol–water partition coefficient (Wildman–Crippen LogP) is 6.54. The zero-order valence-electron chi connectivity index (χ0n) is 12.7. The van der Waals surface area contributed by atoms with Crippen LogP contribution >= 0.6 is 27.5 Å². The Morgan fingerprint density at radius 1 is 1.14 bits per heavy atom. The van der Waals surface area contributed by atoms with Crippen LogP contribution in [0.3, 0.4) is 0 Å². The summed E-state index contributed by atoms with van der Waals surface area (Å²) in [7, 11) is 0. The molecule has 2 rings (SSSR count). The Labute approximate surface area is 140 Å². The monoisotopic (exact) mass is 365 g/mol. The van der Waals surface area contributed by atoms with Gasteiger partial charge in [0.05, 0.1) is 11.7 Å². The van der Waals surface area contributed by atoms with Gasteiger partial charge in [-0.05, 0) is 64.5 Å². The van der Waals surface area contributed by atoms with Gasteiger partial charge in [0.25, 0.3) is 0 Å². The molecular weight excluding hydrogens is 346 g/mol. The molecule has 0 aromatic heterocycles. The fraction of sp³-hybridized carbons (Fsp3) is 0.333. The molecule has 112 valence electrons. The molecule has 0 saturated heterocycles. The van der Waals surface area contributed by atoms with E-state index in [2.05, 4.69) is 65.4 Å². The SMILES string of the molecule is CCc1ccc(C(CC)Nc2cc(Cl)c(C)cc2Br)cc1. The lowest BCUT2D eigenvalue weighted by molar-refractivity contribution is 0.748. The van der Waals surface area contributed by atoms with E-state index in [-0.39, 0.29) is 6.04 Å². The molecule has 0 fully saturated rings. The number of aryl methyl sites for hydroxylation is 2. The molecule has 0 amide bonds. The third-order valence-corrected chi connectivity index (χ3v) is 4.84. The van der Waals surface area contributed by atoms with E-state index in [9.17, 15) is 0 Å². The highest BCUT2D eigenvalue weighted by atomic mass is 79.9. The van der Waals surface area contributed by atoms with Crippen molar-refractivity contribution < 1.29 is 0 Å². The van der Waals surface area contributed by atoms with Crippen molar-refractivity contribution in [2.75, 3.05) is 5.32 Å². The van der Waals surface area contributed by atoms with E-state index in [1.54, 1.807) is 0 Å². The van der Waals surface area contributed by atoms with Crippen molar-refractivity contribution in [3.63, 3.8) is 0 Å². The van der Waals surface area contributed by atoms with Crippen LogP contribution in [0.1, 0.15) is 43.0 Å². The van der Waals surface area contributed by atoms with Crippen LogP contribution in [0.4, 0.5) is 5.69 Å². The van der Waals surface area contributed by atoms with Crippen molar-refractivity contribution in [3.05, 3.63) is 62.6 Å². The highest BCUT2D eigenvalue weighted by Crippen LogP contribution is 2.32. The zero-order valence-corrected chi connectivity index (χ0v) is 15.1. The van der Waals surface area contributed by atoms with Gasteiger partial charge in [0.15, 0.2) is 0 Å². The van der Waals surface area contributed by atoms with Gasteiger partial charge < -0.3 is 5.32 Å². The second-order valence-electron chi connectivity index (χ2n) is 5.28. The lowest BCUT2D eigenvalue weighted by Gasteiger charge is -2.20. The van der Waals surface area contributed by atoms with Crippen LogP contribution in [0.2, 0.25) is 5.02 Å². The largest absolute Gasteiger partial charge is 0.377 e. The second-order valence-corrected chi connectivity index (χ2v) is 6.54. The Balaban J connectivity index is 2.24. The standard InChI is InChI=1S/C18H21BrClN/c1-4-13-6-8-14(9-7-13)17(5-2)21-18-11-16(20)12(3)10-15(18)19/h6-11,17,21H,4-5H2,1-3H3. The number of rotatable bonds is 5. The number of nitrogens with one attached hydrogen (secondary N) is 1. The molecule has 0 aliphatic heterocycles. The van der Waals surface area contributed by atoms with Crippen LogP contribution in [-0.4, -0.2) is 0 Å². The number of hydrogen-bond acceptors (Lipinski definition) is 1. The summed E-state index contributed by atoms with van der Waals surface area (Å²) in [5.74, 6) is 0. The zero-order chi connectivity index (χ0) is 15.4. The van der Waals surface area contributed by atoms with Crippen molar-refractivity contribution in [2.24, 2.45) is 0 Å². The second kappa shape index (κ2) is 7.33. The van der Waals surface area contributed by atoms with Gasteiger partial charge in [-0.1, -0.05) is 49.7 Å². The lowest BCUT2D eigenvalue weighted by atomic mass is 10.0. The molecule has 1 nitrogen and oxygen atoms in total. The number of anilines is 1. The molecule has 0 saturated carbocycles. The van der Waals surface area contributed by atoms with Crippen LogP contribution in [0, 0.1) is 6.92 Å². The summed E-state index contributed by atoms with van der Waals surface area (Å²) in [4.78, 5) is 0. The maximum Gasteiger partial charge on any atom is 0.0511 e. The molecule has 0 spiro atoms. The third-order valence-electron chi connectivity index (χ3n) is 3.78. The minimum absolute atomic E-state index is 0.283. The molecule has 3 heteroatoms. The summed E-state index contributed by atoms with van der Waals surface area (Å²) >= 11 is 9.85. The fourth-order valence-electron chi connectivity index (χ4n) is 2.35. The maximum atomic E-state index is 6.24. The van der Waals surface area contributed by atoms with Gasteiger partial charge in [0.2, 0.25) is 0 Å². The molecule has 0 heterocycles. The average Bonchev–Trinajstić information content (AvgIpc) is 2.50. The smallest absolute Gasteiger partial charge is 0.0511 e. The molecule has 0 aliphatic rings. The first-order valence-electron chi connectivity index (χ1n) is 7.36. The van der Waals surface area contributed by atoms with Crippen LogP contribution in [-0.2, 0) is 6.42 Å². The summed E-state index contributed by atoms with van der Waals surface area (Å²) in [5, 5.41) is 4.38. The van der Waals surface area contributed by atoms with Crippen molar-refractivity contribution in [1.29, 1.82) is 0 Å². The van der Waals surface area contributed by atoms with Gasteiger partial charge in [-0.25, -0.2) is 0 Å². The van der Waals surface area contributed by atoms with E-state index >= 15 is 0 Å². The molecule has 0 aliphatic carbocycles. The quantitative estimate of drug-likeness (QED) is 0.633. The van der Waals surface area contributed by atoms with Gasteiger partial charge in [-0.2, -0.15) is 0 Å². The lowest BCUT2D eigenvalue weighted by Crippen LogP contribution is -2.10. The first kappa shape index (κ1) is 16.4. The third kappa shape index (κ3) is 4.02. The molecule has 1 atom stereocenters. The van der Waals surface area contributed by atoms with Gasteiger partial charge >= 0.3 is 0 Å². The number of hydrogen-bond donors (Lipinski definition) is 1. The normalized spacial score (nSPS) is 12.2. The van der Waals surface area contributed by atoms with Crippen molar-refractivity contribution in [2.45, 2.75) is 39.7 Å². The fourth-order valence-corrected chi connectivity index (χ4v) is 3.09. The van der Waals surface area contributed by atoms with E-state index < -0.39 is 0 Å². The highest BCUT2D eigenvalue weighted by molar-refractivity contribution is 9.10.